The highest BCUT2D eigenvalue weighted by Crippen LogP contribution is 2.44. The van der Waals surface area contributed by atoms with E-state index in [1.165, 1.54) is 6.07 Å². The van der Waals surface area contributed by atoms with Crippen LogP contribution in [0, 0.1) is 12.3 Å². The lowest BCUT2D eigenvalue weighted by atomic mass is 10.1. The van der Waals surface area contributed by atoms with Gasteiger partial charge in [0.2, 0.25) is 10.0 Å². The second-order valence-electron chi connectivity index (χ2n) is 5.52. The summed E-state index contributed by atoms with van der Waals surface area (Å²) < 4.78 is 27.9. The first kappa shape index (κ1) is 15.0. The summed E-state index contributed by atoms with van der Waals surface area (Å²) in [6.45, 7) is 4.17. The highest BCUT2D eigenvalue weighted by molar-refractivity contribution is 9.10. The van der Waals surface area contributed by atoms with Crippen LogP contribution in [0.15, 0.2) is 21.5 Å². The fourth-order valence-electron chi connectivity index (χ4n) is 1.83. The van der Waals surface area contributed by atoms with Crippen LogP contribution in [0.4, 0.5) is 0 Å². The van der Waals surface area contributed by atoms with Crippen molar-refractivity contribution < 1.29 is 13.5 Å². The highest BCUT2D eigenvalue weighted by Gasteiger charge is 2.38. The molecule has 1 fully saturated rings. The number of aryl methyl sites for hydroxylation is 1. The van der Waals surface area contributed by atoms with Gasteiger partial charge in [-0.3, -0.25) is 0 Å². The molecule has 2 N–H and O–H groups in total. The molecule has 0 heterocycles. The van der Waals surface area contributed by atoms with Crippen molar-refractivity contribution in [2.45, 2.75) is 38.2 Å². The van der Waals surface area contributed by atoms with E-state index in [0.29, 0.717) is 16.6 Å². The molecule has 0 radical (unpaired) electrons. The minimum Gasteiger partial charge on any atom is -0.392 e. The second-order valence-corrected chi connectivity index (χ2v) is 8.05. The molecule has 4 nitrogen and oxygen atoms in total. The minimum absolute atomic E-state index is 0.114. The Hall–Kier alpha value is -0.430. The summed E-state index contributed by atoms with van der Waals surface area (Å²) in [7, 11) is -3.55. The van der Waals surface area contributed by atoms with Crippen molar-refractivity contribution >= 4 is 26.0 Å². The molecule has 0 saturated heterocycles. The Morgan fingerprint density at radius 1 is 1.42 bits per heavy atom. The lowest BCUT2D eigenvalue weighted by Crippen LogP contribution is -2.29. The van der Waals surface area contributed by atoms with E-state index >= 15 is 0 Å². The van der Waals surface area contributed by atoms with E-state index in [2.05, 4.69) is 27.6 Å². The van der Waals surface area contributed by atoms with Gasteiger partial charge in [-0.15, -0.1) is 0 Å². The number of aliphatic hydroxyl groups is 1. The van der Waals surface area contributed by atoms with Crippen molar-refractivity contribution in [3.8, 4) is 0 Å². The van der Waals surface area contributed by atoms with Crippen LogP contribution in [0.5, 0.6) is 0 Å². The van der Waals surface area contributed by atoms with E-state index < -0.39 is 10.0 Å². The largest absolute Gasteiger partial charge is 0.392 e. The zero-order valence-corrected chi connectivity index (χ0v) is 13.4. The molecule has 1 saturated carbocycles. The molecule has 1 aliphatic carbocycles. The van der Waals surface area contributed by atoms with Gasteiger partial charge < -0.3 is 5.11 Å². The summed E-state index contributed by atoms with van der Waals surface area (Å²) in [5.74, 6) is 0. The second kappa shape index (κ2) is 5.16. The molecular weight excluding hydrogens is 330 g/mol. The smallest absolute Gasteiger partial charge is 0.241 e. The van der Waals surface area contributed by atoms with Crippen LogP contribution < -0.4 is 4.72 Å². The third-order valence-corrected chi connectivity index (χ3v) is 6.29. The molecule has 0 aromatic heterocycles. The molecule has 0 unspecified atom stereocenters. The number of hydrogen-bond donors (Lipinski definition) is 2. The molecule has 0 aliphatic heterocycles. The van der Waals surface area contributed by atoms with Crippen LogP contribution in [0.1, 0.15) is 30.9 Å². The van der Waals surface area contributed by atoms with Crippen LogP contribution in [-0.2, 0) is 16.6 Å². The maximum Gasteiger partial charge on any atom is 0.241 e. The van der Waals surface area contributed by atoms with Crippen molar-refractivity contribution in [2.24, 2.45) is 5.41 Å². The number of sulfonamides is 1. The average Bonchev–Trinajstić information content (AvgIpc) is 3.09. The summed E-state index contributed by atoms with van der Waals surface area (Å²) in [6.07, 6.45) is 2.12. The molecule has 106 valence electrons. The van der Waals surface area contributed by atoms with Crippen molar-refractivity contribution in [1.29, 1.82) is 0 Å². The quantitative estimate of drug-likeness (QED) is 0.858. The molecule has 19 heavy (non-hydrogen) atoms. The van der Waals surface area contributed by atoms with Crippen molar-refractivity contribution in [3.05, 3.63) is 27.7 Å². The lowest BCUT2D eigenvalue weighted by Gasteiger charge is -2.14. The zero-order chi connectivity index (χ0) is 14.3. The van der Waals surface area contributed by atoms with E-state index in [1.54, 1.807) is 6.07 Å². The van der Waals surface area contributed by atoms with Gasteiger partial charge in [0.15, 0.2) is 0 Å². The first-order chi connectivity index (χ1) is 8.77. The molecule has 0 spiro atoms. The Morgan fingerprint density at radius 2 is 2.05 bits per heavy atom. The first-order valence-electron chi connectivity index (χ1n) is 6.17. The summed E-state index contributed by atoms with van der Waals surface area (Å²) in [5.41, 5.74) is 1.51. The molecule has 0 amide bonds. The Labute approximate surface area is 122 Å². The topological polar surface area (TPSA) is 66.4 Å². The van der Waals surface area contributed by atoms with Gasteiger partial charge in [0, 0.05) is 11.0 Å². The number of hydrogen-bond acceptors (Lipinski definition) is 3. The van der Waals surface area contributed by atoms with Crippen LogP contribution in [0.25, 0.3) is 0 Å². The van der Waals surface area contributed by atoms with Crippen molar-refractivity contribution in [2.75, 3.05) is 6.54 Å². The van der Waals surface area contributed by atoms with Gasteiger partial charge in [0.1, 0.15) is 0 Å². The Morgan fingerprint density at radius 3 is 2.58 bits per heavy atom. The summed E-state index contributed by atoms with van der Waals surface area (Å²) >= 11 is 3.31. The van der Waals surface area contributed by atoms with Crippen LogP contribution >= 0.6 is 15.9 Å². The fourth-order valence-corrected chi connectivity index (χ4v) is 4.10. The molecule has 0 atom stereocenters. The van der Waals surface area contributed by atoms with Crippen LogP contribution in [0.3, 0.4) is 0 Å². The Bertz CT molecular complexity index is 594. The molecule has 6 heteroatoms. The van der Waals surface area contributed by atoms with E-state index in [-0.39, 0.29) is 16.9 Å². The first-order valence-corrected chi connectivity index (χ1v) is 8.45. The van der Waals surface area contributed by atoms with Gasteiger partial charge in [-0.25, -0.2) is 13.1 Å². The zero-order valence-electron chi connectivity index (χ0n) is 11.0. The average molecular weight is 348 g/mol. The predicted molar refractivity (Wildman–Crippen MR) is 77.3 cm³/mol. The van der Waals surface area contributed by atoms with Gasteiger partial charge in [-0.1, -0.05) is 13.0 Å². The van der Waals surface area contributed by atoms with E-state index in [9.17, 15) is 13.5 Å². The number of nitrogens with one attached hydrogen (secondary N) is 1. The minimum atomic E-state index is -3.55. The molecule has 0 bridgehead atoms. The number of aliphatic hydroxyl groups excluding tert-OH is 1. The van der Waals surface area contributed by atoms with Gasteiger partial charge in [0.25, 0.3) is 0 Å². The van der Waals surface area contributed by atoms with E-state index in [1.807, 2.05) is 6.92 Å². The van der Waals surface area contributed by atoms with Gasteiger partial charge in [-0.05, 0) is 58.3 Å². The molecule has 1 aliphatic rings. The molecule has 1 aromatic carbocycles. The lowest BCUT2D eigenvalue weighted by molar-refractivity contribution is 0.281. The van der Waals surface area contributed by atoms with E-state index in [4.69, 9.17) is 0 Å². The summed E-state index contributed by atoms with van der Waals surface area (Å²) in [4.78, 5) is 0.195. The SMILES string of the molecule is Cc1cc(CO)cc(S(=O)(=O)NCC2(C)CC2)c1Br. The van der Waals surface area contributed by atoms with Crippen LogP contribution in [-0.4, -0.2) is 20.1 Å². The number of rotatable bonds is 5. The van der Waals surface area contributed by atoms with Gasteiger partial charge in [-0.2, -0.15) is 0 Å². The summed E-state index contributed by atoms with van der Waals surface area (Å²) in [6, 6.07) is 3.28. The number of halogens is 1. The highest BCUT2D eigenvalue weighted by atomic mass is 79.9. The normalized spacial score (nSPS) is 17.5. The van der Waals surface area contributed by atoms with Crippen molar-refractivity contribution in [3.63, 3.8) is 0 Å². The Kier molecular flexibility index (Phi) is 4.07. The fraction of sp³-hybridized carbons (Fsp3) is 0.538. The summed E-state index contributed by atoms with van der Waals surface area (Å²) in [5, 5.41) is 9.18. The van der Waals surface area contributed by atoms with E-state index in [0.717, 1.165) is 18.4 Å². The molecule has 2 rings (SSSR count). The molecule has 1 aromatic rings. The van der Waals surface area contributed by atoms with Gasteiger partial charge >= 0.3 is 0 Å². The standard InChI is InChI=1S/C13H18BrNO3S/c1-9-5-10(7-16)6-11(12(9)14)19(17,18)15-8-13(2)3-4-13/h5-6,15-16H,3-4,7-8H2,1-2H3. The third kappa shape index (κ3) is 3.37. The predicted octanol–water partition coefficient (Wildman–Crippen LogP) is 2.33. The maximum absolute atomic E-state index is 12.3. The number of benzene rings is 1. The monoisotopic (exact) mass is 347 g/mol. The maximum atomic E-state index is 12.3. The Balaban J connectivity index is 2.30. The third-order valence-electron chi connectivity index (χ3n) is 3.55. The van der Waals surface area contributed by atoms with Gasteiger partial charge in [0.05, 0.1) is 11.5 Å². The van der Waals surface area contributed by atoms with Crippen LogP contribution in [0.2, 0.25) is 0 Å². The molecular formula is C13H18BrNO3S. The van der Waals surface area contributed by atoms with Crippen molar-refractivity contribution in [1.82, 2.24) is 4.72 Å².